The molecule has 0 aromatic carbocycles. The number of nitrogens with zero attached hydrogens (tertiary/aromatic N) is 1. The molecule has 0 aromatic rings. The number of hydrogen-bond donors (Lipinski definition) is 1. The van der Waals surface area contributed by atoms with Crippen LogP contribution in [0.2, 0.25) is 0 Å². The van der Waals surface area contributed by atoms with Crippen molar-refractivity contribution in [2.24, 2.45) is 16.8 Å². The Labute approximate surface area is 66.9 Å². The summed E-state index contributed by atoms with van der Waals surface area (Å²) in [4.78, 5) is 8.36. The van der Waals surface area contributed by atoms with E-state index in [0.717, 1.165) is 0 Å². The third kappa shape index (κ3) is 3.43. The molecule has 0 amide bonds. The van der Waals surface area contributed by atoms with Gasteiger partial charge in [-0.25, -0.2) is 4.99 Å². The number of aliphatic imine (C=N–C) groups is 1. The van der Waals surface area contributed by atoms with Crippen LogP contribution in [0.1, 0.15) is 13.8 Å². The number of rotatable bonds is 2. The van der Waals surface area contributed by atoms with Crippen molar-refractivity contribution in [2.45, 2.75) is 13.8 Å². The van der Waals surface area contributed by atoms with Crippen molar-refractivity contribution in [2.75, 3.05) is 0 Å². The lowest BCUT2D eigenvalue weighted by atomic mass is 10.2. The van der Waals surface area contributed by atoms with E-state index in [1.165, 1.54) is 0 Å². The summed E-state index contributed by atoms with van der Waals surface area (Å²) in [5.74, 6) is 7.48. The fourth-order valence-electron chi connectivity index (χ4n) is 0.485. The largest absolute Gasteiger partial charge is 0.394 e. The zero-order chi connectivity index (χ0) is 8.85. The molecule has 1 atom stereocenters. The molecule has 0 aliphatic carbocycles. The van der Waals surface area contributed by atoms with Crippen LogP contribution in [-0.4, -0.2) is 5.90 Å². The third-order valence-corrected chi connectivity index (χ3v) is 1.04. The Morgan fingerprint density at radius 1 is 1.82 bits per heavy atom. The summed E-state index contributed by atoms with van der Waals surface area (Å²) in [7, 11) is 0. The van der Waals surface area contributed by atoms with E-state index in [0.29, 0.717) is 11.6 Å². The number of terminal acetylenes is 1. The standard InChI is InChI=1S/C8H12N2O/c1-5-7(4)8(11-9)10-6(2)3/h1,7H,2,9H2,3-4H3/t7-/m1/s1. The maximum atomic E-state index is 5.13. The van der Waals surface area contributed by atoms with E-state index in [-0.39, 0.29) is 5.92 Å². The molecular formula is C8H12N2O. The highest BCUT2D eigenvalue weighted by atomic mass is 16.6. The number of allylic oxidation sites excluding steroid dienone is 1. The van der Waals surface area contributed by atoms with Gasteiger partial charge in [-0.05, 0) is 13.8 Å². The molecule has 3 heteroatoms. The average Bonchev–Trinajstić information content (AvgIpc) is 1.98. The van der Waals surface area contributed by atoms with E-state index in [9.17, 15) is 0 Å². The van der Waals surface area contributed by atoms with Gasteiger partial charge in [0, 0.05) is 5.70 Å². The van der Waals surface area contributed by atoms with Crippen LogP contribution in [0.5, 0.6) is 0 Å². The summed E-state index contributed by atoms with van der Waals surface area (Å²) < 4.78 is 0. The molecule has 0 fully saturated rings. The van der Waals surface area contributed by atoms with Gasteiger partial charge in [-0.2, -0.15) is 5.90 Å². The minimum Gasteiger partial charge on any atom is -0.394 e. The maximum Gasteiger partial charge on any atom is 0.228 e. The van der Waals surface area contributed by atoms with E-state index >= 15 is 0 Å². The minimum atomic E-state index is -0.211. The summed E-state index contributed by atoms with van der Waals surface area (Å²) >= 11 is 0. The highest BCUT2D eigenvalue weighted by Crippen LogP contribution is 2.00. The molecule has 0 radical (unpaired) electrons. The van der Waals surface area contributed by atoms with Crippen molar-refractivity contribution in [3.05, 3.63) is 12.3 Å². The summed E-state index contributed by atoms with van der Waals surface area (Å²) in [6, 6.07) is 0. The Kier molecular flexibility index (Phi) is 4.01. The Bertz CT molecular complexity index is 213. The first-order valence-electron chi connectivity index (χ1n) is 3.18. The molecule has 2 N–H and O–H groups in total. The maximum absolute atomic E-state index is 5.13. The Hall–Kier alpha value is -1.27. The number of nitrogens with two attached hydrogens (primary N) is 1. The van der Waals surface area contributed by atoms with Crippen LogP contribution >= 0.6 is 0 Å². The predicted molar refractivity (Wildman–Crippen MR) is 45.5 cm³/mol. The second kappa shape index (κ2) is 4.53. The van der Waals surface area contributed by atoms with Crippen LogP contribution in [0, 0.1) is 18.3 Å². The summed E-state index contributed by atoms with van der Waals surface area (Å²) in [5.41, 5.74) is 0.618. The van der Waals surface area contributed by atoms with Gasteiger partial charge in [-0.15, -0.1) is 6.42 Å². The molecule has 11 heavy (non-hydrogen) atoms. The van der Waals surface area contributed by atoms with Crippen LogP contribution in [0.15, 0.2) is 17.3 Å². The van der Waals surface area contributed by atoms with Crippen molar-refractivity contribution >= 4 is 5.90 Å². The van der Waals surface area contributed by atoms with Gasteiger partial charge in [0.1, 0.15) is 0 Å². The van der Waals surface area contributed by atoms with E-state index < -0.39 is 0 Å². The van der Waals surface area contributed by atoms with Gasteiger partial charge in [0.05, 0.1) is 5.92 Å². The molecule has 0 spiro atoms. The second-order valence-electron chi connectivity index (χ2n) is 2.19. The van der Waals surface area contributed by atoms with E-state index in [4.69, 9.17) is 12.3 Å². The van der Waals surface area contributed by atoms with Crippen molar-refractivity contribution in [1.82, 2.24) is 0 Å². The molecule has 0 rings (SSSR count). The normalized spacial score (nSPS) is 13.5. The van der Waals surface area contributed by atoms with Crippen LogP contribution < -0.4 is 5.90 Å². The highest BCUT2D eigenvalue weighted by Gasteiger charge is 2.07. The lowest BCUT2D eigenvalue weighted by molar-refractivity contribution is 0.304. The van der Waals surface area contributed by atoms with Gasteiger partial charge in [0.2, 0.25) is 5.90 Å². The lowest BCUT2D eigenvalue weighted by Gasteiger charge is -2.05. The Balaban J connectivity index is 4.42. The van der Waals surface area contributed by atoms with Crippen molar-refractivity contribution in [3.63, 3.8) is 0 Å². The quantitative estimate of drug-likeness (QED) is 0.278. The van der Waals surface area contributed by atoms with Crippen LogP contribution in [0.4, 0.5) is 0 Å². The van der Waals surface area contributed by atoms with Crippen molar-refractivity contribution < 1.29 is 4.84 Å². The zero-order valence-electron chi connectivity index (χ0n) is 6.79. The van der Waals surface area contributed by atoms with E-state index in [1.54, 1.807) is 13.8 Å². The topological polar surface area (TPSA) is 47.6 Å². The van der Waals surface area contributed by atoms with Gasteiger partial charge in [0.25, 0.3) is 0 Å². The smallest absolute Gasteiger partial charge is 0.228 e. The monoisotopic (exact) mass is 152 g/mol. The van der Waals surface area contributed by atoms with Crippen LogP contribution in [0.25, 0.3) is 0 Å². The molecule has 0 aliphatic rings. The van der Waals surface area contributed by atoms with Gasteiger partial charge in [-0.1, -0.05) is 12.5 Å². The predicted octanol–water partition coefficient (Wildman–Crippen LogP) is 1.08. The molecule has 0 bridgehead atoms. The van der Waals surface area contributed by atoms with Gasteiger partial charge >= 0.3 is 0 Å². The Morgan fingerprint density at radius 3 is 2.64 bits per heavy atom. The minimum absolute atomic E-state index is 0.211. The first-order chi connectivity index (χ1) is 5.11. The molecule has 0 aliphatic heterocycles. The molecular weight excluding hydrogens is 140 g/mol. The fourth-order valence-corrected chi connectivity index (χ4v) is 0.485. The second-order valence-corrected chi connectivity index (χ2v) is 2.19. The molecule has 0 saturated heterocycles. The molecule has 3 nitrogen and oxygen atoms in total. The zero-order valence-corrected chi connectivity index (χ0v) is 6.79. The summed E-state index contributed by atoms with van der Waals surface area (Å²) in [6.45, 7) is 7.08. The lowest BCUT2D eigenvalue weighted by Crippen LogP contribution is -2.17. The highest BCUT2D eigenvalue weighted by molar-refractivity contribution is 5.81. The molecule has 0 saturated carbocycles. The van der Waals surface area contributed by atoms with E-state index in [1.807, 2.05) is 0 Å². The van der Waals surface area contributed by atoms with E-state index in [2.05, 4.69) is 22.3 Å². The van der Waals surface area contributed by atoms with Crippen LogP contribution in [0.3, 0.4) is 0 Å². The van der Waals surface area contributed by atoms with Gasteiger partial charge in [0.15, 0.2) is 0 Å². The van der Waals surface area contributed by atoms with Gasteiger partial charge in [-0.3, -0.25) is 0 Å². The molecule has 0 aromatic heterocycles. The number of hydrogen-bond acceptors (Lipinski definition) is 3. The van der Waals surface area contributed by atoms with Crippen LogP contribution in [-0.2, 0) is 4.84 Å². The molecule has 0 heterocycles. The molecule has 60 valence electrons. The average molecular weight is 152 g/mol. The summed E-state index contributed by atoms with van der Waals surface area (Å²) in [6.07, 6.45) is 5.13. The first-order valence-corrected chi connectivity index (χ1v) is 3.18. The summed E-state index contributed by atoms with van der Waals surface area (Å²) in [5, 5.41) is 0. The SMILES string of the molecule is C#C[C@@H](C)C(=NC(=C)C)ON. The van der Waals surface area contributed by atoms with Crippen molar-refractivity contribution in [3.8, 4) is 12.3 Å². The first kappa shape index (κ1) is 9.73. The van der Waals surface area contributed by atoms with Gasteiger partial charge < -0.3 is 4.84 Å². The van der Waals surface area contributed by atoms with Crippen molar-refractivity contribution in [1.29, 1.82) is 0 Å². The fraction of sp³-hybridized carbons (Fsp3) is 0.375. The Morgan fingerprint density at radius 2 is 2.36 bits per heavy atom. The third-order valence-electron chi connectivity index (χ3n) is 1.04. The molecule has 0 unspecified atom stereocenters.